The number of aliphatic hydroxyl groups excluding tert-OH is 1. The summed E-state index contributed by atoms with van der Waals surface area (Å²) >= 11 is 0. The molecule has 0 radical (unpaired) electrons. The van der Waals surface area contributed by atoms with E-state index in [4.69, 9.17) is 5.73 Å². The van der Waals surface area contributed by atoms with Gasteiger partial charge in [-0.15, -0.1) is 0 Å². The second-order valence-electron chi connectivity index (χ2n) is 8.52. The predicted molar refractivity (Wildman–Crippen MR) is 134 cm³/mol. The Morgan fingerprint density at radius 1 is 0.973 bits per heavy atom. The summed E-state index contributed by atoms with van der Waals surface area (Å²) in [5.41, 5.74) is 7.42. The van der Waals surface area contributed by atoms with E-state index in [2.05, 4.69) is 25.9 Å². The first-order chi connectivity index (χ1) is 17.8. The number of guanidine groups is 1. The van der Waals surface area contributed by atoms with E-state index in [1.165, 1.54) is 10.9 Å². The molecule has 3 aromatic rings. The summed E-state index contributed by atoms with van der Waals surface area (Å²) in [6.45, 7) is -0.236. The van der Waals surface area contributed by atoms with Crippen molar-refractivity contribution in [1.29, 1.82) is 0 Å². The molecule has 1 aliphatic heterocycles. The minimum atomic E-state index is -1.25. The SMILES string of the molecule is NC1=NC(O)c2ncn(CC(=O)NC(Cc3ccccc3)C(=O)NC(Cc3ccccc3)C(=O)O)c2N1. The molecule has 3 atom stereocenters. The van der Waals surface area contributed by atoms with Crippen molar-refractivity contribution in [3.63, 3.8) is 0 Å². The van der Waals surface area contributed by atoms with Gasteiger partial charge in [0.2, 0.25) is 11.8 Å². The first-order valence-corrected chi connectivity index (χ1v) is 11.5. The van der Waals surface area contributed by atoms with E-state index in [0.29, 0.717) is 5.82 Å². The molecule has 1 aliphatic rings. The quantitative estimate of drug-likeness (QED) is 0.225. The van der Waals surface area contributed by atoms with Crippen molar-refractivity contribution in [2.75, 3.05) is 5.32 Å². The monoisotopic (exact) mass is 505 g/mol. The van der Waals surface area contributed by atoms with Gasteiger partial charge in [-0.25, -0.2) is 14.8 Å². The normalized spacial score (nSPS) is 15.9. The van der Waals surface area contributed by atoms with E-state index < -0.39 is 36.1 Å². The molecular formula is C25H27N7O5. The van der Waals surface area contributed by atoms with E-state index in [0.717, 1.165) is 11.1 Å². The van der Waals surface area contributed by atoms with Gasteiger partial charge in [0, 0.05) is 12.8 Å². The maximum atomic E-state index is 13.2. The Morgan fingerprint density at radius 2 is 1.57 bits per heavy atom. The van der Waals surface area contributed by atoms with Crippen LogP contribution in [0.4, 0.5) is 5.82 Å². The van der Waals surface area contributed by atoms with Crippen molar-refractivity contribution in [2.45, 2.75) is 37.7 Å². The molecule has 4 rings (SSSR count). The third-order valence-corrected chi connectivity index (χ3v) is 5.76. The molecule has 0 saturated carbocycles. The van der Waals surface area contributed by atoms with Crippen LogP contribution in [0.2, 0.25) is 0 Å². The number of anilines is 1. The number of nitrogens with zero attached hydrogens (tertiary/aromatic N) is 3. The lowest BCUT2D eigenvalue weighted by Gasteiger charge is -2.22. The Bertz CT molecular complexity index is 1290. The molecule has 2 heterocycles. The summed E-state index contributed by atoms with van der Waals surface area (Å²) in [6.07, 6.45) is 0.330. The third kappa shape index (κ3) is 6.49. The van der Waals surface area contributed by atoms with Gasteiger partial charge in [-0.2, -0.15) is 0 Å². The third-order valence-electron chi connectivity index (χ3n) is 5.76. The number of carbonyl (C=O) groups excluding carboxylic acids is 2. The molecule has 7 N–H and O–H groups in total. The number of aliphatic carboxylic acids is 1. The van der Waals surface area contributed by atoms with Crippen molar-refractivity contribution in [3.8, 4) is 0 Å². The number of benzene rings is 2. The van der Waals surface area contributed by atoms with Gasteiger partial charge in [-0.3, -0.25) is 9.59 Å². The fourth-order valence-electron chi connectivity index (χ4n) is 3.96. The van der Waals surface area contributed by atoms with Crippen LogP contribution < -0.4 is 21.7 Å². The van der Waals surface area contributed by atoms with Crippen molar-refractivity contribution < 1.29 is 24.6 Å². The Kier molecular flexibility index (Phi) is 7.79. The molecule has 1 aromatic heterocycles. The lowest BCUT2D eigenvalue weighted by Crippen LogP contribution is -2.53. The molecule has 2 amide bonds. The van der Waals surface area contributed by atoms with Gasteiger partial charge in [0.05, 0.1) is 6.33 Å². The molecular weight excluding hydrogens is 478 g/mol. The van der Waals surface area contributed by atoms with Gasteiger partial charge in [0.15, 0.2) is 12.2 Å². The van der Waals surface area contributed by atoms with Crippen molar-refractivity contribution in [1.82, 2.24) is 20.2 Å². The number of carbonyl (C=O) groups is 3. The van der Waals surface area contributed by atoms with Gasteiger partial charge < -0.3 is 36.5 Å². The number of hydrogen-bond donors (Lipinski definition) is 6. The average Bonchev–Trinajstić information content (AvgIpc) is 3.27. The van der Waals surface area contributed by atoms with Gasteiger partial charge in [-0.05, 0) is 11.1 Å². The summed E-state index contributed by atoms with van der Waals surface area (Å²) in [5.74, 6) is -2.05. The molecule has 12 heteroatoms. The highest BCUT2D eigenvalue weighted by molar-refractivity contribution is 5.94. The van der Waals surface area contributed by atoms with E-state index in [-0.39, 0.29) is 31.0 Å². The molecule has 37 heavy (non-hydrogen) atoms. The van der Waals surface area contributed by atoms with Crippen LogP contribution >= 0.6 is 0 Å². The largest absolute Gasteiger partial charge is 0.480 e. The number of aromatic nitrogens is 2. The highest BCUT2D eigenvalue weighted by Crippen LogP contribution is 2.25. The van der Waals surface area contributed by atoms with Gasteiger partial charge in [0.1, 0.15) is 30.1 Å². The fourth-order valence-corrected chi connectivity index (χ4v) is 3.96. The summed E-state index contributed by atoms with van der Waals surface area (Å²) in [6, 6.07) is 15.8. The minimum Gasteiger partial charge on any atom is -0.480 e. The molecule has 0 saturated heterocycles. The summed E-state index contributed by atoms with van der Waals surface area (Å²) in [4.78, 5) is 45.9. The van der Waals surface area contributed by atoms with Gasteiger partial charge >= 0.3 is 5.97 Å². The number of amides is 2. The molecule has 0 bridgehead atoms. The maximum absolute atomic E-state index is 13.2. The minimum absolute atomic E-state index is 0.0263. The van der Waals surface area contributed by atoms with Crippen molar-refractivity contribution >= 4 is 29.6 Å². The van der Waals surface area contributed by atoms with Crippen LogP contribution in [-0.2, 0) is 33.8 Å². The van der Waals surface area contributed by atoms with E-state index in [9.17, 15) is 24.6 Å². The summed E-state index contributed by atoms with van der Waals surface area (Å²) in [7, 11) is 0. The number of aliphatic hydroxyl groups is 1. The lowest BCUT2D eigenvalue weighted by molar-refractivity contribution is -0.142. The number of hydrogen-bond acceptors (Lipinski definition) is 8. The summed E-state index contributed by atoms with van der Waals surface area (Å²) in [5, 5.41) is 27.7. The fraction of sp³-hybridized carbons (Fsp3) is 0.240. The summed E-state index contributed by atoms with van der Waals surface area (Å²) < 4.78 is 1.43. The van der Waals surface area contributed by atoms with Crippen LogP contribution in [0.5, 0.6) is 0 Å². The van der Waals surface area contributed by atoms with Crippen LogP contribution in [-0.4, -0.2) is 55.6 Å². The molecule has 0 spiro atoms. The number of rotatable bonds is 10. The first-order valence-electron chi connectivity index (χ1n) is 11.5. The maximum Gasteiger partial charge on any atom is 0.326 e. The predicted octanol–water partition coefficient (Wildman–Crippen LogP) is 0.154. The van der Waals surface area contributed by atoms with Gasteiger partial charge in [0.25, 0.3) is 0 Å². The van der Waals surface area contributed by atoms with E-state index in [1.807, 2.05) is 36.4 Å². The topological polar surface area (TPSA) is 184 Å². The zero-order valence-corrected chi connectivity index (χ0v) is 19.7. The molecule has 0 aliphatic carbocycles. The standard InChI is InChI=1S/C25H27N7O5/c26-25-30-21-20(23(35)31-25)27-14-32(21)13-19(33)28-17(11-15-7-3-1-4-8-15)22(34)29-18(24(36)37)12-16-9-5-2-6-10-16/h1-10,14,17-18,23,35H,11-13H2,(H,28,33)(H,29,34)(H,36,37)(H3,26,30,31). The molecule has 2 aromatic carbocycles. The van der Waals surface area contributed by atoms with Crippen LogP contribution in [0.3, 0.4) is 0 Å². The van der Waals surface area contributed by atoms with Crippen LogP contribution in [0.15, 0.2) is 72.0 Å². The Morgan fingerprint density at radius 3 is 2.16 bits per heavy atom. The van der Waals surface area contributed by atoms with Crippen molar-refractivity contribution in [3.05, 3.63) is 83.8 Å². The average molecular weight is 506 g/mol. The number of nitrogens with two attached hydrogens (primary N) is 1. The van der Waals surface area contributed by atoms with Crippen LogP contribution in [0, 0.1) is 0 Å². The molecule has 192 valence electrons. The highest BCUT2D eigenvalue weighted by Gasteiger charge is 2.28. The molecule has 12 nitrogen and oxygen atoms in total. The zero-order chi connectivity index (χ0) is 26.4. The number of carboxylic acid groups (broad SMARTS) is 1. The number of aliphatic imine (C=N–C) groups is 1. The highest BCUT2D eigenvalue weighted by atomic mass is 16.4. The molecule has 3 unspecified atom stereocenters. The van der Waals surface area contributed by atoms with E-state index in [1.54, 1.807) is 24.3 Å². The van der Waals surface area contributed by atoms with Crippen LogP contribution in [0.1, 0.15) is 23.0 Å². The number of carboxylic acids is 1. The Labute approximate surface area is 212 Å². The number of imidazole rings is 1. The Hall–Kier alpha value is -4.71. The number of fused-ring (bicyclic) bond motifs is 1. The second kappa shape index (κ2) is 11.4. The van der Waals surface area contributed by atoms with Gasteiger partial charge in [-0.1, -0.05) is 60.7 Å². The first kappa shape index (κ1) is 25.4. The molecule has 0 fully saturated rings. The van der Waals surface area contributed by atoms with Crippen molar-refractivity contribution in [2.24, 2.45) is 10.7 Å². The lowest BCUT2D eigenvalue weighted by atomic mass is 10.0. The van der Waals surface area contributed by atoms with E-state index >= 15 is 0 Å². The zero-order valence-electron chi connectivity index (χ0n) is 19.7. The second-order valence-corrected chi connectivity index (χ2v) is 8.52. The Balaban J connectivity index is 1.48. The number of nitrogens with one attached hydrogen (secondary N) is 3. The van der Waals surface area contributed by atoms with Crippen LogP contribution in [0.25, 0.3) is 0 Å². The smallest absolute Gasteiger partial charge is 0.326 e.